The van der Waals surface area contributed by atoms with E-state index in [-0.39, 0.29) is 52.9 Å². The van der Waals surface area contributed by atoms with E-state index < -0.39 is 23.6 Å². The van der Waals surface area contributed by atoms with Crippen LogP contribution < -0.4 is 15.0 Å². The second-order valence-corrected chi connectivity index (χ2v) is 10.4. The van der Waals surface area contributed by atoms with E-state index in [1.165, 1.54) is 35.9 Å². The highest BCUT2D eigenvalue weighted by Crippen LogP contribution is 2.39. The van der Waals surface area contributed by atoms with E-state index in [0.717, 1.165) is 37.8 Å². The predicted octanol–water partition coefficient (Wildman–Crippen LogP) is 5.96. The predicted molar refractivity (Wildman–Crippen MR) is 144 cm³/mol. The summed E-state index contributed by atoms with van der Waals surface area (Å²) in [4.78, 5) is 42.4. The Morgan fingerprint density at radius 2 is 1.78 bits per heavy atom. The third-order valence-corrected chi connectivity index (χ3v) is 6.95. The Kier molecular flexibility index (Phi) is 9.04. The molecule has 2 heterocycles. The number of aromatic nitrogens is 4. The minimum absolute atomic E-state index is 0.0444. The molecule has 0 radical (unpaired) electrons. The summed E-state index contributed by atoms with van der Waals surface area (Å²) >= 11 is 0. The summed E-state index contributed by atoms with van der Waals surface area (Å²) in [6.45, 7) is 5.67. The first-order valence-electron chi connectivity index (χ1n) is 13.2. The number of carbonyl (C=O) groups excluding carboxylic acids is 1. The minimum atomic E-state index is -4.81. The van der Waals surface area contributed by atoms with Crippen LogP contribution in [0.5, 0.6) is 11.6 Å². The number of aromatic carboxylic acids is 1. The molecule has 1 amide bonds. The first-order valence-corrected chi connectivity index (χ1v) is 13.2. The maximum Gasteiger partial charge on any atom is 0.421 e. The fraction of sp³-hybridized carbons (Fsp3) is 0.429. The van der Waals surface area contributed by atoms with Crippen molar-refractivity contribution in [1.82, 2.24) is 19.9 Å². The van der Waals surface area contributed by atoms with Crippen molar-refractivity contribution in [3.05, 3.63) is 59.8 Å². The van der Waals surface area contributed by atoms with E-state index >= 15 is 0 Å². The molecule has 1 aliphatic carbocycles. The fourth-order valence-electron chi connectivity index (χ4n) is 4.81. The van der Waals surface area contributed by atoms with Crippen molar-refractivity contribution in [2.24, 2.45) is 11.8 Å². The number of nitrogens with one attached hydrogen (secondary N) is 1. The van der Waals surface area contributed by atoms with E-state index in [1.54, 1.807) is 13.8 Å². The smallest absolute Gasteiger partial charge is 0.421 e. The van der Waals surface area contributed by atoms with Gasteiger partial charge in [-0.1, -0.05) is 6.92 Å². The third-order valence-electron chi connectivity index (χ3n) is 6.95. The highest BCUT2D eigenvalue weighted by molar-refractivity contribution is 6.03. The minimum Gasteiger partial charge on any atom is -0.478 e. The van der Waals surface area contributed by atoms with Crippen LogP contribution in [0.15, 0.2) is 43.1 Å². The van der Waals surface area contributed by atoms with Crippen molar-refractivity contribution in [2.75, 3.05) is 10.2 Å². The van der Waals surface area contributed by atoms with E-state index in [0.29, 0.717) is 5.92 Å². The molecule has 0 aliphatic heterocycles. The molecule has 0 saturated heterocycles. The van der Waals surface area contributed by atoms with Gasteiger partial charge in [0.25, 0.3) is 0 Å². The number of pyridine rings is 1. The number of anilines is 2. The lowest BCUT2D eigenvalue weighted by Gasteiger charge is -2.34. The number of halogens is 3. The number of benzene rings is 1. The number of ether oxygens (including phenoxy) is 1. The molecule has 13 heteroatoms. The maximum absolute atomic E-state index is 13.9. The highest BCUT2D eigenvalue weighted by atomic mass is 19.4. The van der Waals surface area contributed by atoms with E-state index in [2.05, 4.69) is 32.2 Å². The van der Waals surface area contributed by atoms with Crippen molar-refractivity contribution in [2.45, 2.75) is 65.2 Å². The molecule has 0 spiro atoms. The monoisotopic (exact) mass is 572 g/mol. The molecule has 1 fully saturated rings. The Balaban J connectivity index is 1.61. The van der Waals surface area contributed by atoms with E-state index in [9.17, 15) is 27.9 Å². The van der Waals surface area contributed by atoms with Gasteiger partial charge >= 0.3 is 12.1 Å². The molecular weight excluding hydrogens is 541 g/mol. The number of carboxylic acid groups (broad SMARTS) is 1. The number of hydrogen-bond donors (Lipinski definition) is 2. The summed E-state index contributed by atoms with van der Waals surface area (Å²) < 4.78 is 47.3. The van der Waals surface area contributed by atoms with Gasteiger partial charge in [0.15, 0.2) is 0 Å². The fourth-order valence-corrected chi connectivity index (χ4v) is 4.81. The SMILES string of the molecule is CC1CCC(C(=O)N(c2ccc(Oc3ncc(CNc4ncncn4)cc3C(F)(F)F)cc2C(=O)O)C(C)C)CC1. The number of hydrogen-bond acceptors (Lipinski definition) is 8. The van der Waals surface area contributed by atoms with Crippen LogP contribution in [0.25, 0.3) is 0 Å². The zero-order chi connectivity index (χ0) is 29.7. The van der Waals surface area contributed by atoms with Crippen LogP contribution in [0.2, 0.25) is 0 Å². The molecule has 4 rings (SSSR count). The Morgan fingerprint density at radius 1 is 1.10 bits per heavy atom. The quantitative estimate of drug-likeness (QED) is 0.319. The van der Waals surface area contributed by atoms with Crippen molar-refractivity contribution in [3.63, 3.8) is 0 Å². The molecule has 0 bridgehead atoms. The number of nitrogens with zero attached hydrogens (tertiary/aromatic N) is 5. The average Bonchev–Trinajstić information content (AvgIpc) is 2.93. The van der Waals surface area contributed by atoms with Crippen molar-refractivity contribution >= 4 is 23.5 Å². The molecule has 41 heavy (non-hydrogen) atoms. The molecule has 10 nitrogen and oxygen atoms in total. The van der Waals surface area contributed by atoms with E-state index in [1.807, 2.05) is 0 Å². The summed E-state index contributed by atoms with van der Waals surface area (Å²) in [6.07, 6.45) is 2.17. The van der Waals surface area contributed by atoms with Crippen LogP contribution in [0.1, 0.15) is 67.9 Å². The van der Waals surface area contributed by atoms with Crippen LogP contribution >= 0.6 is 0 Å². The topological polar surface area (TPSA) is 130 Å². The molecule has 1 aliphatic rings. The van der Waals surface area contributed by atoms with Gasteiger partial charge in [0.05, 0.1) is 11.3 Å². The summed E-state index contributed by atoms with van der Waals surface area (Å²) in [6, 6.07) is 4.38. The number of carboxylic acids is 1. The standard InChI is InChI=1S/C28H31F3N6O4/c1-16(2)37(25(38)19-6-4-17(3)5-7-19)23-9-8-20(11-21(23)26(39)40)41-24-22(28(29,30)31)10-18(12-33-24)13-34-27-35-14-32-15-36-27/h8-12,14-17,19H,4-7,13H2,1-3H3,(H,39,40)(H,32,34,35,36). The van der Waals surface area contributed by atoms with Gasteiger partial charge in [-0.05, 0) is 75.3 Å². The first kappa shape index (κ1) is 29.7. The Morgan fingerprint density at radius 3 is 2.39 bits per heavy atom. The lowest BCUT2D eigenvalue weighted by atomic mass is 9.82. The summed E-state index contributed by atoms with van der Waals surface area (Å²) in [5.41, 5.74) is -1.05. The molecule has 2 aromatic heterocycles. The average molecular weight is 573 g/mol. The molecule has 218 valence electrons. The van der Waals surface area contributed by atoms with E-state index in [4.69, 9.17) is 4.74 Å². The van der Waals surface area contributed by atoms with Gasteiger partial charge in [0.2, 0.25) is 17.7 Å². The van der Waals surface area contributed by atoms with Gasteiger partial charge in [-0.15, -0.1) is 0 Å². The lowest BCUT2D eigenvalue weighted by molar-refractivity contribution is -0.139. The van der Waals surface area contributed by atoms with Gasteiger partial charge in [0, 0.05) is 24.7 Å². The van der Waals surface area contributed by atoms with Crippen LogP contribution in [0.3, 0.4) is 0 Å². The lowest BCUT2D eigenvalue weighted by Crippen LogP contribution is -2.42. The summed E-state index contributed by atoms with van der Waals surface area (Å²) in [7, 11) is 0. The first-order chi connectivity index (χ1) is 19.4. The Labute approximate surface area is 235 Å². The van der Waals surface area contributed by atoms with Gasteiger partial charge < -0.3 is 20.1 Å². The van der Waals surface area contributed by atoms with Crippen molar-refractivity contribution in [3.8, 4) is 11.6 Å². The second-order valence-electron chi connectivity index (χ2n) is 10.4. The zero-order valence-corrected chi connectivity index (χ0v) is 22.9. The van der Waals surface area contributed by atoms with Gasteiger partial charge in [-0.3, -0.25) is 4.79 Å². The molecule has 2 N–H and O–H groups in total. The molecule has 3 aromatic rings. The van der Waals surface area contributed by atoms with Crippen molar-refractivity contribution in [1.29, 1.82) is 0 Å². The van der Waals surface area contributed by atoms with Gasteiger partial charge in [-0.2, -0.15) is 13.2 Å². The van der Waals surface area contributed by atoms with Crippen molar-refractivity contribution < 1.29 is 32.6 Å². The number of carbonyl (C=O) groups is 2. The number of rotatable bonds is 9. The Bertz CT molecular complexity index is 1380. The molecule has 0 unspecified atom stereocenters. The molecule has 1 saturated carbocycles. The zero-order valence-electron chi connectivity index (χ0n) is 22.9. The maximum atomic E-state index is 13.9. The van der Waals surface area contributed by atoms with Crippen LogP contribution in [0.4, 0.5) is 24.8 Å². The normalized spacial score (nSPS) is 17.2. The summed E-state index contributed by atoms with van der Waals surface area (Å²) in [5.74, 6) is -1.91. The molecule has 1 aromatic carbocycles. The number of alkyl halides is 3. The largest absolute Gasteiger partial charge is 0.478 e. The number of amides is 1. The van der Waals surface area contributed by atoms with Crippen LogP contribution in [0, 0.1) is 11.8 Å². The van der Waals surface area contributed by atoms with Gasteiger partial charge in [-0.25, -0.2) is 24.7 Å². The molecule has 0 atom stereocenters. The highest BCUT2D eigenvalue weighted by Gasteiger charge is 2.36. The summed E-state index contributed by atoms with van der Waals surface area (Å²) in [5, 5.41) is 12.8. The van der Waals surface area contributed by atoms with Gasteiger partial charge in [0.1, 0.15) is 24.0 Å². The third kappa shape index (κ3) is 7.27. The van der Waals surface area contributed by atoms with Crippen LogP contribution in [-0.2, 0) is 17.5 Å². The van der Waals surface area contributed by atoms with Crippen LogP contribution in [-0.4, -0.2) is 43.0 Å². The molecular formula is C28H31F3N6O4. The second kappa shape index (κ2) is 12.5. The Hall–Kier alpha value is -4.29.